The van der Waals surface area contributed by atoms with E-state index in [1.54, 1.807) is 24.5 Å². The fraction of sp³-hybridized carbons (Fsp3) is 0.462. The van der Waals surface area contributed by atoms with E-state index < -0.39 is 22.0 Å². The molecule has 0 radical (unpaired) electrons. The van der Waals surface area contributed by atoms with E-state index in [9.17, 15) is 18.0 Å². The molecule has 1 aliphatic rings. The van der Waals surface area contributed by atoms with Crippen molar-refractivity contribution in [2.45, 2.75) is 44.2 Å². The van der Waals surface area contributed by atoms with Crippen LogP contribution in [0.5, 0.6) is 0 Å². The fourth-order valence-electron chi connectivity index (χ4n) is 4.38. The number of carboxylic acids is 2. The molecule has 0 aliphatic carbocycles. The summed E-state index contributed by atoms with van der Waals surface area (Å²) >= 11 is 0. The number of aromatic nitrogens is 2. The summed E-state index contributed by atoms with van der Waals surface area (Å²) in [6, 6.07) is 6.51. The second-order valence-corrected chi connectivity index (χ2v) is 11.1. The molecule has 2 aromatic rings. The fourth-order valence-corrected chi connectivity index (χ4v) is 4.90. The Morgan fingerprint density at radius 2 is 1.77 bits per heavy atom. The van der Waals surface area contributed by atoms with Gasteiger partial charge in [-0.15, -0.1) is 0 Å². The van der Waals surface area contributed by atoms with Gasteiger partial charge in [0.2, 0.25) is 10.0 Å². The molecule has 4 N–H and O–H groups in total. The van der Waals surface area contributed by atoms with E-state index in [4.69, 9.17) is 15.4 Å². The van der Waals surface area contributed by atoms with Gasteiger partial charge in [0, 0.05) is 44.8 Å². The predicted molar refractivity (Wildman–Crippen MR) is 146 cm³/mol. The van der Waals surface area contributed by atoms with E-state index in [2.05, 4.69) is 27.9 Å². The maximum Gasteiger partial charge on any atom is 0.317 e. The van der Waals surface area contributed by atoms with Gasteiger partial charge < -0.3 is 14.8 Å². The first-order valence-corrected chi connectivity index (χ1v) is 14.3. The highest BCUT2D eigenvalue weighted by molar-refractivity contribution is 7.89. The smallest absolute Gasteiger partial charge is 0.317 e. The molecular weight excluding hydrogens is 524 g/mol. The topological polar surface area (TPSA) is 171 Å². The lowest BCUT2D eigenvalue weighted by Gasteiger charge is -2.25. The zero-order valence-corrected chi connectivity index (χ0v) is 22.8. The number of benzene rings is 1. The van der Waals surface area contributed by atoms with Gasteiger partial charge in [-0.3, -0.25) is 24.4 Å². The van der Waals surface area contributed by atoms with Crippen LogP contribution >= 0.6 is 0 Å². The lowest BCUT2D eigenvalue weighted by Crippen LogP contribution is -2.37. The van der Waals surface area contributed by atoms with Gasteiger partial charge in [0.25, 0.3) is 0 Å². The van der Waals surface area contributed by atoms with Crippen LogP contribution in [0.25, 0.3) is 0 Å². The van der Waals surface area contributed by atoms with Gasteiger partial charge in [-0.25, -0.2) is 18.5 Å². The number of aliphatic carboxylic acids is 2. The van der Waals surface area contributed by atoms with E-state index in [0.717, 1.165) is 29.9 Å². The second kappa shape index (κ2) is 14.1. The number of rotatable bonds is 16. The molecule has 212 valence electrons. The molecule has 2 heterocycles. The Kier molecular flexibility index (Phi) is 10.9. The van der Waals surface area contributed by atoms with Crippen molar-refractivity contribution >= 4 is 28.2 Å². The monoisotopic (exact) mass is 560 g/mol. The van der Waals surface area contributed by atoms with Crippen molar-refractivity contribution in [3.63, 3.8) is 0 Å². The van der Waals surface area contributed by atoms with Crippen LogP contribution in [0.1, 0.15) is 31.2 Å². The van der Waals surface area contributed by atoms with Crippen LogP contribution in [-0.4, -0.2) is 88.9 Å². The Morgan fingerprint density at radius 1 is 1.08 bits per heavy atom. The average Bonchev–Trinajstić information content (AvgIpc) is 3.32. The number of hydrogen-bond donors (Lipinski definition) is 3. The summed E-state index contributed by atoms with van der Waals surface area (Å²) in [6.07, 6.45) is 10.2. The minimum Gasteiger partial charge on any atom is -0.480 e. The van der Waals surface area contributed by atoms with Crippen LogP contribution in [0.2, 0.25) is 0 Å². The van der Waals surface area contributed by atoms with Crippen molar-refractivity contribution < 1.29 is 28.2 Å². The van der Waals surface area contributed by atoms with Crippen molar-refractivity contribution in [3.8, 4) is 0 Å². The third kappa shape index (κ3) is 10.0. The average molecular weight is 561 g/mol. The van der Waals surface area contributed by atoms with Gasteiger partial charge in [0.1, 0.15) is 5.82 Å². The lowest BCUT2D eigenvalue weighted by atomic mass is 9.99. The summed E-state index contributed by atoms with van der Waals surface area (Å²) in [4.78, 5) is 35.0. The molecule has 0 amide bonds. The lowest BCUT2D eigenvalue weighted by molar-refractivity contribution is -0.141. The number of carboxylic acid groups (broad SMARTS) is 2. The maximum absolute atomic E-state index is 11.6. The van der Waals surface area contributed by atoms with Gasteiger partial charge in [-0.1, -0.05) is 25.1 Å². The number of carbonyl (C=O) groups is 2. The predicted octanol–water partition coefficient (Wildman–Crippen LogP) is 1.43. The summed E-state index contributed by atoms with van der Waals surface area (Å²) in [5, 5.41) is 23.4. The molecule has 13 heteroatoms. The molecule has 1 atom stereocenters. The molecule has 0 bridgehead atoms. The highest BCUT2D eigenvalue weighted by Crippen LogP contribution is 2.19. The summed E-state index contributed by atoms with van der Waals surface area (Å²) in [6.45, 7) is 3.78. The normalized spacial score (nSPS) is 15.6. The molecule has 1 aromatic carbocycles. The minimum absolute atomic E-state index is 0.0669. The number of aliphatic imine (C=N–C) groups is 1. The zero-order chi connectivity index (χ0) is 28.4. The molecule has 1 aromatic heterocycles. The summed E-state index contributed by atoms with van der Waals surface area (Å²) < 4.78 is 25.0. The largest absolute Gasteiger partial charge is 0.480 e. The molecule has 0 saturated heterocycles. The Balaban J connectivity index is 1.73. The Bertz CT molecular complexity index is 1270. The van der Waals surface area contributed by atoms with Crippen molar-refractivity contribution in [2.75, 3.05) is 32.7 Å². The Labute approximate surface area is 228 Å². The molecule has 1 aliphatic heterocycles. The summed E-state index contributed by atoms with van der Waals surface area (Å²) in [5.74, 6) is -0.965. The molecule has 39 heavy (non-hydrogen) atoms. The van der Waals surface area contributed by atoms with Crippen molar-refractivity contribution in [1.29, 1.82) is 0 Å². The number of sulfonamides is 1. The van der Waals surface area contributed by atoms with Crippen LogP contribution in [0.4, 0.5) is 0 Å². The van der Waals surface area contributed by atoms with Crippen LogP contribution < -0.4 is 5.14 Å². The third-order valence-electron chi connectivity index (χ3n) is 6.51. The number of primary sulfonamides is 1. The van der Waals surface area contributed by atoms with E-state index in [1.165, 1.54) is 17.0 Å². The summed E-state index contributed by atoms with van der Waals surface area (Å²) in [5.41, 5.74) is 1.94. The summed E-state index contributed by atoms with van der Waals surface area (Å²) in [7, 11) is -3.76. The molecule has 3 rings (SSSR count). The second-order valence-electron chi connectivity index (χ2n) is 9.56. The van der Waals surface area contributed by atoms with Gasteiger partial charge in [-0.2, -0.15) is 0 Å². The molecule has 0 fully saturated rings. The first-order chi connectivity index (χ1) is 18.5. The Hall–Kier alpha value is -3.39. The van der Waals surface area contributed by atoms with Gasteiger partial charge in [-0.05, 0) is 42.9 Å². The van der Waals surface area contributed by atoms with E-state index in [0.29, 0.717) is 38.5 Å². The van der Waals surface area contributed by atoms with E-state index in [1.807, 2.05) is 10.8 Å². The zero-order valence-electron chi connectivity index (χ0n) is 22.0. The van der Waals surface area contributed by atoms with Gasteiger partial charge in [0.05, 0.1) is 30.2 Å². The van der Waals surface area contributed by atoms with Gasteiger partial charge in [0.15, 0.2) is 0 Å². The molecule has 0 saturated carbocycles. The standard InChI is InChI=1S/C26H36N6O6S/c1-2-20-7-9-28-22(15-20)16-30(11-8-21-3-5-23(6-4-21)39(27,37)38)17-24-29-10-12-32(24)14-13-31(18-25(33)34)19-26(35)36/h3-6,9-10,12,15,20H,2,7-8,11,13-14,16-19H2,1H3,(H,33,34)(H,35,36)(H2,27,37,38). The highest BCUT2D eigenvalue weighted by atomic mass is 32.2. The number of nitrogens with zero attached hydrogens (tertiary/aromatic N) is 5. The number of allylic oxidation sites excluding steroid dienone is 1. The van der Waals surface area contributed by atoms with E-state index in [-0.39, 0.29) is 24.5 Å². The quantitative estimate of drug-likeness (QED) is 0.275. The van der Waals surface area contributed by atoms with Crippen molar-refractivity contribution in [3.05, 3.63) is 59.8 Å². The van der Waals surface area contributed by atoms with Crippen LogP contribution in [0.15, 0.2) is 58.3 Å². The van der Waals surface area contributed by atoms with Crippen LogP contribution in [-0.2, 0) is 39.1 Å². The number of nitrogens with two attached hydrogens (primary N) is 1. The third-order valence-corrected chi connectivity index (χ3v) is 7.44. The van der Waals surface area contributed by atoms with Gasteiger partial charge >= 0.3 is 11.9 Å². The van der Waals surface area contributed by atoms with E-state index >= 15 is 0 Å². The van der Waals surface area contributed by atoms with Crippen molar-refractivity contribution in [1.82, 2.24) is 19.4 Å². The molecule has 12 nitrogen and oxygen atoms in total. The first kappa shape index (κ1) is 30.2. The Morgan fingerprint density at radius 3 is 2.38 bits per heavy atom. The highest BCUT2D eigenvalue weighted by Gasteiger charge is 2.18. The van der Waals surface area contributed by atoms with Crippen molar-refractivity contribution in [2.24, 2.45) is 16.0 Å². The maximum atomic E-state index is 11.6. The first-order valence-electron chi connectivity index (χ1n) is 12.8. The van der Waals surface area contributed by atoms with Crippen LogP contribution in [0.3, 0.4) is 0 Å². The molecule has 0 spiro atoms. The van der Waals surface area contributed by atoms with Crippen LogP contribution in [0, 0.1) is 5.92 Å². The number of hydrogen-bond acceptors (Lipinski definition) is 8. The SMILES string of the molecule is CCC1C=C(CN(CCc2ccc(S(N)(=O)=O)cc2)Cc2nccn2CCN(CC(=O)O)CC(=O)O)N=CC1. The number of imidazole rings is 1. The minimum atomic E-state index is -3.76. The molecular formula is C26H36N6O6S. The molecule has 1 unspecified atom stereocenters.